The number of nitrogens with zero attached hydrogens (tertiary/aromatic N) is 1. The maximum atomic E-state index is 12.9. The molecule has 0 bridgehead atoms. The predicted octanol–water partition coefficient (Wildman–Crippen LogP) is 2.98. The number of hydrogen-bond acceptors (Lipinski definition) is 2. The number of amides is 2. The zero-order chi connectivity index (χ0) is 18.1. The Bertz CT molecular complexity index is 848. The van der Waals surface area contributed by atoms with Crippen LogP contribution in [0.1, 0.15) is 29.5 Å². The molecule has 2 aromatic rings. The number of carbonyl (C=O) groups excluding carboxylic acids is 2. The number of nitrogens with one attached hydrogen (secondary N) is 1. The van der Waals surface area contributed by atoms with Gasteiger partial charge in [0.25, 0.3) is 0 Å². The summed E-state index contributed by atoms with van der Waals surface area (Å²) < 4.78 is 12.9. The van der Waals surface area contributed by atoms with E-state index >= 15 is 0 Å². The molecule has 2 aliphatic rings. The third kappa shape index (κ3) is 3.21. The smallest absolute Gasteiger partial charge is 0.239 e. The average molecular weight is 352 g/mol. The summed E-state index contributed by atoms with van der Waals surface area (Å²) in [6, 6.07) is 12.2. The fourth-order valence-electron chi connectivity index (χ4n) is 3.82. The van der Waals surface area contributed by atoms with Crippen molar-refractivity contribution in [3.8, 4) is 0 Å². The van der Waals surface area contributed by atoms with Crippen LogP contribution in [0, 0.1) is 11.7 Å². The van der Waals surface area contributed by atoms with Crippen LogP contribution in [0.3, 0.4) is 0 Å². The molecular formula is C21H21FN2O2. The van der Waals surface area contributed by atoms with Crippen molar-refractivity contribution in [1.82, 2.24) is 5.32 Å². The lowest BCUT2D eigenvalue weighted by Crippen LogP contribution is -2.36. The molecule has 2 amide bonds. The Morgan fingerprint density at radius 3 is 2.69 bits per heavy atom. The first kappa shape index (κ1) is 16.8. The van der Waals surface area contributed by atoms with E-state index in [4.69, 9.17) is 0 Å². The Kier molecular flexibility index (Phi) is 4.45. The fraction of sp³-hybridized carbons (Fsp3) is 0.333. The van der Waals surface area contributed by atoms with Gasteiger partial charge in [-0.25, -0.2) is 4.39 Å². The highest BCUT2D eigenvalue weighted by Crippen LogP contribution is 2.30. The van der Waals surface area contributed by atoms with Crippen molar-refractivity contribution < 1.29 is 14.0 Å². The van der Waals surface area contributed by atoms with E-state index in [0.29, 0.717) is 19.5 Å². The van der Waals surface area contributed by atoms with E-state index in [1.807, 2.05) is 6.07 Å². The van der Waals surface area contributed by atoms with Crippen molar-refractivity contribution >= 4 is 17.5 Å². The number of carbonyl (C=O) groups is 2. The van der Waals surface area contributed by atoms with Crippen LogP contribution in [0.25, 0.3) is 0 Å². The van der Waals surface area contributed by atoms with E-state index in [9.17, 15) is 14.0 Å². The van der Waals surface area contributed by atoms with E-state index in [1.54, 1.807) is 17.0 Å². The van der Waals surface area contributed by atoms with Gasteiger partial charge in [0.15, 0.2) is 0 Å². The van der Waals surface area contributed by atoms with E-state index in [-0.39, 0.29) is 17.6 Å². The number of hydrogen-bond donors (Lipinski definition) is 1. The normalized spacial score (nSPS) is 18.9. The zero-order valence-electron chi connectivity index (χ0n) is 14.5. The van der Waals surface area contributed by atoms with Crippen LogP contribution in [-0.4, -0.2) is 18.4 Å². The molecule has 4 nitrogen and oxygen atoms in total. The number of anilines is 1. The van der Waals surface area contributed by atoms with Crippen LogP contribution in [0.2, 0.25) is 0 Å². The fourth-order valence-corrected chi connectivity index (χ4v) is 3.82. The Morgan fingerprint density at radius 2 is 1.88 bits per heavy atom. The molecule has 26 heavy (non-hydrogen) atoms. The van der Waals surface area contributed by atoms with Crippen molar-refractivity contribution in [2.75, 3.05) is 11.4 Å². The molecule has 1 aliphatic heterocycles. The van der Waals surface area contributed by atoms with Crippen LogP contribution in [0.4, 0.5) is 10.1 Å². The van der Waals surface area contributed by atoms with Gasteiger partial charge < -0.3 is 10.2 Å². The van der Waals surface area contributed by atoms with Crippen molar-refractivity contribution in [3.05, 3.63) is 65.0 Å². The highest BCUT2D eigenvalue weighted by atomic mass is 19.1. The molecule has 4 rings (SSSR count). The lowest BCUT2D eigenvalue weighted by Gasteiger charge is -2.18. The molecule has 0 unspecified atom stereocenters. The molecule has 0 aromatic heterocycles. The van der Waals surface area contributed by atoms with Gasteiger partial charge in [0.2, 0.25) is 11.8 Å². The Balaban J connectivity index is 1.40. The summed E-state index contributed by atoms with van der Waals surface area (Å²) in [5.74, 6) is -1.36. The zero-order valence-corrected chi connectivity index (χ0v) is 14.5. The van der Waals surface area contributed by atoms with Gasteiger partial charge in [-0.2, -0.15) is 0 Å². The van der Waals surface area contributed by atoms with Gasteiger partial charge in [-0.1, -0.05) is 18.2 Å². The number of benzene rings is 2. The van der Waals surface area contributed by atoms with Gasteiger partial charge in [-0.3, -0.25) is 9.59 Å². The van der Waals surface area contributed by atoms with Gasteiger partial charge in [0, 0.05) is 18.8 Å². The SMILES string of the molecule is O=C(NCc1ccc(F)cc1)[C@@H]1CCN(c2ccc3c(c2)CCC3)C1=O. The van der Waals surface area contributed by atoms with Crippen LogP contribution in [0.5, 0.6) is 0 Å². The second kappa shape index (κ2) is 6.90. The molecule has 5 heteroatoms. The van der Waals surface area contributed by atoms with Gasteiger partial charge in [0.05, 0.1) is 0 Å². The van der Waals surface area contributed by atoms with E-state index in [1.165, 1.54) is 29.7 Å². The minimum Gasteiger partial charge on any atom is -0.351 e. The first-order valence-electron chi connectivity index (χ1n) is 9.07. The Labute approximate surface area is 152 Å². The molecular weight excluding hydrogens is 331 g/mol. The lowest BCUT2D eigenvalue weighted by molar-refractivity contribution is -0.132. The summed E-state index contributed by atoms with van der Waals surface area (Å²) in [6.07, 6.45) is 3.86. The minimum absolute atomic E-state index is 0.139. The second-order valence-corrected chi connectivity index (χ2v) is 6.98. The first-order chi connectivity index (χ1) is 12.6. The Hall–Kier alpha value is -2.69. The number of rotatable bonds is 4. The summed E-state index contributed by atoms with van der Waals surface area (Å²) in [5, 5.41) is 2.80. The maximum Gasteiger partial charge on any atom is 0.239 e. The quantitative estimate of drug-likeness (QED) is 0.860. The van der Waals surface area contributed by atoms with E-state index in [0.717, 1.165) is 24.1 Å². The molecule has 1 atom stereocenters. The summed E-state index contributed by atoms with van der Waals surface area (Å²) in [7, 11) is 0. The molecule has 1 aliphatic carbocycles. The molecule has 0 spiro atoms. The Morgan fingerprint density at radius 1 is 1.12 bits per heavy atom. The third-order valence-corrected chi connectivity index (χ3v) is 5.30. The molecule has 1 saturated heterocycles. The topological polar surface area (TPSA) is 49.4 Å². The summed E-state index contributed by atoms with van der Waals surface area (Å²) in [4.78, 5) is 26.9. The van der Waals surface area contributed by atoms with Gasteiger partial charge in [-0.05, 0) is 66.6 Å². The van der Waals surface area contributed by atoms with Crippen LogP contribution in [0.15, 0.2) is 42.5 Å². The lowest BCUT2D eigenvalue weighted by atomic mass is 10.1. The second-order valence-electron chi connectivity index (χ2n) is 6.98. The van der Waals surface area contributed by atoms with Gasteiger partial charge in [0.1, 0.15) is 11.7 Å². The number of aryl methyl sites for hydroxylation is 2. The average Bonchev–Trinajstić information content (AvgIpc) is 3.26. The van der Waals surface area contributed by atoms with Crippen molar-refractivity contribution in [2.24, 2.45) is 5.92 Å². The standard InChI is InChI=1S/C21H21FN2O2/c22-17-7-4-14(5-8-17)13-23-20(25)19-10-11-24(21(19)26)18-9-6-15-2-1-3-16(15)12-18/h4-9,12,19H,1-3,10-11,13H2,(H,23,25)/t19-/m0/s1. The third-order valence-electron chi connectivity index (χ3n) is 5.30. The monoisotopic (exact) mass is 352 g/mol. The van der Waals surface area contributed by atoms with Crippen LogP contribution >= 0.6 is 0 Å². The molecule has 2 aromatic carbocycles. The van der Waals surface area contributed by atoms with Crippen molar-refractivity contribution in [2.45, 2.75) is 32.2 Å². The highest BCUT2D eigenvalue weighted by Gasteiger charge is 2.37. The molecule has 1 heterocycles. The van der Waals surface area contributed by atoms with Crippen molar-refractivity contribution in [1.29, 1.82) is 0 Å². The molecule has 134 valence electrons. The maximum absolute atomic E-state index is 12.9. The van der Waals surface area contributed by atoms with Gasteiger partial charge in [-0.15, -0.1) is 0 Å². The summed E-state index contributed by atoms with van der Waals surface area (Å²) >= 11 is 0. The summed E-state index contributed by atoms with van der Waals surface area (Å²) in [5.41, 5.74) is 4.39. The number of halogens is 1. The molecule has 1 fully saturated rings. The predicted molar refractivity (Wildman–Crippen MR) is 97.2 cm³/mol. The summed E-state index contributed by atoms with van der Waals surface area (Å²) in [6.45, 7) is 0.855. The highest BCUT2D eigenvalue weighted by molar-refractivity contribution is 6.09. The molecule has 0 saturated carbocycles. The van der Waals surface area contributed by atoms with Crippen LogP contribution < -0.4 is 10.2 Å². The largest absolute Gasteiger partial charge is 0.351 e. The van der Waals surface area contributed by atoms with Crippen LogP contribution in [-0.2, 0) is 29.0 Å². The van der Waals surface area contributed by atoms with E-state index < -0.39 is 5.92 Å². The molecule has 1 N–H and O–H groups in total. The minimum atomic E-state index is -0.649. The first-order valence-corrected chi connectivity index (χ1v) is 9.07. The van der Waals surface area contributed by atoms with E-state index in [2.05, 4.69) is 17.4 Å². The van der Waals surface area contributed by atoms with Crippen molar-refractivity contribution in [3.63, 3.8) is 0 Å². The van der Waals surface area contributed by atoms with Gasteiger partial charge >= 0.3 is 0 Å². The number of fused-ring (bicyclic) bond motifs is 1. The molecule has 0 radical (unpaired) electrons.